The van der Waals surface area contributed by atoms with Crippen LogP contribution < -0.4 is 15.6 Å². The predicted molar refractivity (Wildman–Crippen MR) is 60.4 cm³/mol. The summed E-state index contributed by atoms with van der Waals surface area (Å²) in [6.07, 6.45) is -0.554. The molecule has 0 aliphatic heterocycles. The Bertz CT molecular complexity index is 389. The summed E-state index contributed by atoms with van der Waals surface area (Å²) in [5.74, 6) is 0.391. The van der Waals surface area contributed by atoms with Crippen molar-refractivity contribution in [3.8, 4) is 5.75 Å². The van der Waals surface area contributed by atoms with E-state index in [4.69, 9.17) is 4.74 Å². The van der Waals surface area contributed by atoms with Crippen LogP contribution >= 0.6 is 0 Å². The van der Waals surface area contributed by atoms with Gasteiger partial charge in [0.15, 0.2) is 0 Å². The number of rotatable bonds is 3. The molecule has 0 saturated carbocycles. The average Bonchev–Trinajstić information content (AvgIpc) is 2.36. The summed E-state index contributed by atoms with van der Waals surface area (Å²) in [5.41, 5.74) is 5.12. The quantitative estimate of drug-likeness (QED) is 0.757. The number of methoxy groups -OCH3 is 2. The lowest BCUT2D eigenvalue weighted by Crippen LogP contribution is -2.42. The molecule has 2 N–H and O–H groups in total. The number of carbonyl (C=O) groups excluding carboxylic acids is 2. The molecule has 6 heteroatoms. The van der Waals surface area contributed by atoms with E-state index >= 15 is 0 Å². The van der Waals surface area contributed by atoms with E-state index < -0.39 is 6.09 Å². The minimum Gasteiger partial charge on any atom is -0.497 e. The maximum absolute atomic E-state index is 11.4. The Kier molecular flexibility index (Phi) is 4.80. The zero-order valence-electron chi connectivity index (χ0n) is 9.65. The van der Waals surface area contributed by atoms with E-state index in [0.29, 0.717) is 0 Å². The van der Waals surface area contributed by atoms with Crippen molar-refractivity contribution in [2.45, 2.75) is 6.42 Å². The zero-order valence-corrected chi connectivity index (χ0v) is 9.65. The van der Waals surface area contributed by atoms with E-state index in [1.807, 2.05) is 0 Å². The molecule has 1 aromatic carbocycles. The van der Waals surface area contributed by atoms with Crippen LogP contribution in [0.5, 0.6) is 5.75 Å². The molecule has 0 heterocycles. The van der Waals surface area contributed by atoms with Crippen molar-refractivity contribution in [3.05, 3.63) is 29.8 Å². The Morgan fingerprint density at radius 3 is 2.29 bits per heavy atom. The van der Waals surface area contributed by atoms with Crippen molar-refractivity contribution < 1.29 is 19.1 Å². The van der Waals surface area contributed by atoms with Gasteiger partial charge in [-0.15, -0.1) is 0 Å². The number of hydrazine groups is 1. The molecular formula is C11H14N2O4. The Morgan fingerprint density at radius 2 is 1.76 bits per heavy atom. The fraction of sp³-hybridized carbons (Fsp3) is 0.273. The molecule has 2 amide bonds. The first-order chi connectivity index (χ1) is 8.15. The molecule has 0 bridgehead atoms. The smallest absolute Gasteiger partial charge is 0.425 e. The second kappa shape index (κ2) is 6.37. The summed E-state index contributed by atoms with van der Waals surface area (Å²) < 4.78 is 9.29. The molecule has 0 saturated heterocycles. The van der Waals surface area contributed by atoms with E-state index in [9.17, 15) is 9.59 Å². The highest BCUT2D eigenvalue weighted by molar-refractivity contribution is 5.80. The van der Waals surface area contributed by atoms with E-state index in [0.717, 1.165) is 11.3 Å². The minimum absolute atomic E-state index is 0.161. The van der Waals surface area contributed by atoms with Crippen molar-refractivity contribution in [1.29, 1.82) is 0 Å². The fourth-order valence-electron chi connectivity index (χ4n) is 1.14. The molecule has 1 rings (SSSR count). The third-order valence-electron chi connectivity index (χ3n) is 2.01. The summed E-state index contributed by atoms with van der Waals surface area (Å²) in [7, 11) is 2.78. The lowest BCUT2D eigenvalue weighted by Gasteiger charge is -2.06. The van der Waals surface area contributed by atoms with Gasteiger partial charge in [-0.05, 0) is 17.7 Å². The first-order valence-corrected chi connectivity index (χ1v) is 4.91. The highest BCUT2D eigenvalue weighted by atomic mass is 16.5. The second-order valence-electron chi connectivity index (χ2n) is 3.19. The molecule has 0 atom stereocenters. The average molecular weight is 238 g/mol. The molecule has 0 radical (unpaired) electrons. The number of amides is 2. The highest BCUT2D eigenvalue weighted by Crippen LogP contribution is 2.11. The van der Waals surface area contributed by atoms with Gasteiger partial charge in [0.2, 0.25) is 5.91 Å². The number of nitrogens with one attached hydrogen (secondary N) is 2. The van der Waals surface area contributed by atoms with Gasteiger partial charge in [-0.3, -0.25) is 10.2 Å². The van der Waals surface area contributed by atoms with Crippen LogP contribution in [0.3, 0.4) is 0 Å². The Hall–Kier alpha value is -2.24. The molecule has 0 unspecified atom stereocenters. The summed E-state index contributed by atoms with van der Waals surface area (Å²) in [6, 6.07) is 7.07. The molecule has 1 aromatic rings. The standard InChI is InChI=1S/C11H14N2O4/c1-16-9-5-3-8(4-6-9)7-10(14)12-13-11(15)17-2/h3-6H,7H2,1-2H3,(H,12,14)(H,13,15). The van der Waals surface area contributed by atoms with E-state index in [1.165, 1.54) is 7.11 Å². The van der Waals surface area contributed by atoms with Crippen molar-refractivity contribution in [1.82, 2.24) is 10.9 Å². The SMILES string of the molecule is COC(=O)NNC(=O)Cc1ccc(OC)cc1. The van der Waals surface area contributed by atoms with Gasteiger partial charge in [-0.25, -0.2) is 10.2 Å². The van der Waals surface area contributed by atoms with Crippen LogP contribution in [0.2, 0.25) is 0 Å². The van der Waals surface area contributed by atoms with E-state index in [1.54, 1.807) is 31.4 Å². The molecule has 0 aliphatic carbocycles. The number of carbonyl (C=O) groups is 2. The summed E-state index contributed by atoms with van der Waals surface area (Å²) in [6.45, 7) is 0. The molecule has 92 valence electrons. The Balaban J connectivity index is 2.42. The monoisotopic (exact) mass is 238 g/mol. The van der Waals surface area contributed by atoms with Crippen LogP contribution in [0.25, 0.3) is 0 Å². The number of benzene rings is 1. The second-order valence-corrected chi connectivity index (χ2v) is 3.19. The maximum atomic E-state index is 11.4. The lowest BCUT2D eigenvalue weighted by molar-refractivity contribution is -0.121. The Labute approximate surface area is 98.9 Å². The molecule has 0 aliphatic rings. The van der Waals surface area contributed by atoms with Crippen molar-refractivity contribution in [2.75, 3.05) is 14.2 Å². The van der Waals surface area contributed by atoms with Gasteiger partial charge in [0, 0.05) is 0 Å². The van der Waals surface area contributed by atoms with Gasteiger partial charge in [0.25, 0.3) is 0 Å². The Morgan fingerprint density at radius 1 is 1.12 bits per heavy atom. The fourth-order valence-corrected chi connectivity index (χ4v) is 1.14. The summed E-state index contributed by atoms with van der Waals surface area (Å²) in [4.78, 5) is 22.1. The van der Waals surface area contributed by atoms with Crippen LogP contribution in [-0.4, -0.2) is 26.2 Å². The molecule has 0 aromatic heterocycles. The van der Waals surface area contributed by atoms with Crippen LogP contribution in [0.1, 0.15) is 5.56 Å². The molecule has 6 nitrogen and oxygen atoms in total. The highest BCUT2D eigenvalue weighted by Gasteiger charge is 2.05. The summed E-state index contributed by atoms with van der Waals surface area (Å²) in [5, 5.41) is 0. The summed E-state index contributed by atoms with van der Waals surface area (Å²) >= 11 is 0. The van der Waals surface area contributed by atoms with Crippen molar-refractivity contribution >= 4 is 12.0 Å². The normalized spacial score (nSPS) is 9.29. The lowest BCUT2D eigenvalue weighted by atomic mass is 10.1. The number of ether oxygens (including phenoxy) is 2. The molecule has 0 fully saturated rings. The molecule has 0 spiro atoms. The maximum Gasteiger partial charge on any atom is 0.425 e. The third kappa shape index (κ3) is 4.42. The van der Waals surface area contributed by atoms with Crippen LogP contribution in [-0.2, 0) is 16.0 Å². The number of hydrogen-bond acceptors (Lipinski definition) is 4. The van der Waals surface area contributed by atoms with Crippen LogP contribution in [0.4, 0.5) is 4.79 Å². The zero-order chi connectivity index (χ0) is 12.7. The van der Waals surface area contributed by atoms with Gasteiger partial charge >= 0.3 is 6.09 Å². The van der Waals surface area contributed by atoms with Crippen LogP contribution in [0, 0.1) is 0 Å². The number of hydrogen-bond donors (Lipinski definition) is 2. The molecular weight excluding hydrogens is 224 g/mol. The first-order valence-electron chi connectivity index (χ1n) is 4.91. The minimum atomic E-state index is -0.715. The van der Waals surface area contributed by atoms with Gasteiger partial charge in [0.1, 0.15) is 5.75 Å². The first kappa shape index (κ1) is 12.8. The van der Waals surface area contributed by atoms with Crippen molar-refractivity contribution in [2.24, 2.45) is 0 Å². The third-order valence-corrected chi connectivity index (χ3v) is 2.01. The van der Waals surface area contributed by atoms with Crippen molar-refractivity contribution in [3.63, 3.8) is 0 Å². The van der Waals surface area contributed by atoms with Gasteiger partial charge < -0.3 is 9.47 Å². The molecule has 17 heavy (non-hydrogen) atoms. The van der Waals surface area contributed by atoms with E-state index in [2.05, 4.69) is 15.6 Å². The van der Waals surface area contributed by atoms with Gasteiger partial charge in [0.05, 0.1) is 20.6 Å². The largest absolute Gasteiger partial charge is 0.497 e. The van der Waals surface area contributed by atoms with E-state index in [-0.39, 0.29) is 12.3 Å². The predicted octanol–water partition coefficient (Wildman–Crippen LogP) is 0.625. The van der Waals surface area contributed by atoms with Gasteiger partial charge in [-0.1, -0.05) is 12.1 Å². The van der Waals surface area contributed by atoms with Gasteiger partial charge in [-0.2, -0.15) is 0 Å². The topological polar surface area (TPSA) is 76.7 Å². The van der Waals surface area contributed by atoms with Crippen LogP contribution in [0.15, 0.2) is 24.3 Å².